The van der Waals surface area contributed by atoms with E-state index in [2.05, 4.69) is 20.4 Å². The summed E-state index contributed by atoms with van der Waals surface area (Å²) in [7, 11) is 0. The number of piperazine rings is 1. The number of nitro groups is 1. The van der Waals surface area contributed by atoms with Gasteiger partial charge in [0.1, 0.15) is 17.5 Å². The minimum atomic E-state index is -4.81. The van der Waals surface area contributed by atoms with Crippen LogP contribution in [-0.4, -0.2) is 64.8 Å². The number of hydrogen-bond donors (Lipinski definition) is 2. The van der Waals surface area contributed by atoms with Gasteiger partial charge in [-0.2, -0.15) is 18.2 Å². The average Bonchev–Trinajstić information content (AvgIpc) is 2.89. The van der Waals surface area contributed by atoms with Gasteiger partial charge in [0, 0.05) is 56.6 Å². The molecule has 1 aliphatic carbocycles. The molecule has 2 heterocycles. The van der Waals surface area contributed by atoms with Crippen LogP contribution in [0.4, 0.5) is 30.4 Å². The molecular formula is C25H31F3N6O3S. The van der Waals surface area contributed by atoms with Crippen LogP contribution in [-0.2, 0) is 6.18 Å². The van der Waals surface area contributed by atoms with Crippen molar-refractivity contribution in [3.63, 3.8) is 0 Å². The second kappa shape index (κ2) is 12.0. The molecule has 13 heteroatoms. The second-order valence-electron chi connectivity index (χ2n) is 9.37. The van der Waals surface area contributed by atoms with Gasteiger partial charge in [-0.1, -0.05) is 6.07 Å². The van der Waals surface area contributed by atoms with E-state index in [1.165, 1.54) is 6.07 Å². The van der Waals surface area contributed by atoms with Gasteiger partial charge < -0.3 is 25.2 Å². The van der Waals surface area contributed by atoms with Crippen LogP contribution in [0.25, 0.3) is 0 Å². The molecule has 2 aromatic rings. The van der Waals surface area contributed by atoms with E-state index < -0.39 is 22.4 Å². The Morgan fingerprint density at radius 1 is 1.16 bits per heavy atom. The molecule has 38 heavy (non-hydrogen) atoms. The summed E-state index contributed by atoms with van der Waals surface area (Å²) in [6, 6.07) is 8.69. The first-order valence-corrected chi connectivity index (χ1v) is 13.1. The van der Waals surface area contributed by atoms with Crippen LogP contribution < -0.4 is 20.3 Å². The van der Waals surface area contributed by atoms with Gasteiger partial charge in [-0.05, 0) is 63.0 Å². The van der Waals surface area contributed by atoms with E-state index in [9.17, 15) is 23.3 Å². The van der Waals surface area contributed by atoms with E-state index in [0.717, 1.165) is 55.8 Å². The topological polar surface area (TPSA) is 95.8 Å². The van der Waals surface area contributed by atoms with Gasteiger partial charge in [0.15, 0.2) is 5.11 Å². The Morgan fingerprint density at radius 3 is 2.50 bits per heavy atom. The number of aromatic nitrogens is 1. The normalized spacial score (nSPS) is 20.1. The molecule has 0 bridgehead atoms. The van der Waals surface area contributed by atoms with Gasteiger partial charge in [0.2, 0.25) is 5.88 Å². The molecule has 2 aliphatic rings. The summed E-state index contributed by atoms with van der Waals surface area (Å²) in [5, 5.41) is 18.0. The molecule has 0 spiro atoms. The number of nitrogens with one attached hydrogen (secondary N) is 2. The number of benzene rings is 1. The zero-order chi connectivity index (χ0) is 27.3. The lowest BCUT2D eigenvalue weighted by atomic mass is 9.92. The minimum Gasteiger partial charge on any atom is -0.474 e. The molecule has 4 rings (SSSR count). The van der Waals surface area contributed by atoms with E-state index in [-0.39, 0.29) is 17.8 Å². The van der Waals surface area contributed by atoms with Crippen LogP contribution >= 0.6 is 12.2 Å². The maximum Gasteiger partial charge on any atom is 0.423 e. The molecule has 0 radical (unpaired) electrons. The van der Waals surface area contributed by atoms with Crippen LogP contribution in [0.3, 0.4) is 0 Å². The highest BCUT2D eigenvalue weighted by Crippen LogP contribution is 2.38. The largest absolute Gasteiger partial charge is 0.474 e. The van der Waals surface area contributed by atoms with Crippen LogP contribution in [0.2, 0.25) is 0 Å². The summed E-state index contributed by atoms with van der Waals surface area (Å²) in [6.07, 6.45) is -2.05. The minimum absolute atomic E-state index is 0.0484. The van der Waals surface area contributed by atoms with Crippen molar-refractivity contribution in [3.05, 3.63) is 52.1 Å². The molecule has 0 amide bonds. The van der Waals surface area contributed by atoms with Crippen LogP contribution in [0.5, 0.6) is 5.88 Å². The molecule has 2 fully saturated rings. The van der Waals surface area contributed by atoms with Crippen molar-refractivity contribution in [2.45, 2.75) is 50.9 Å². The number of thiocarbonyl (C=S) groups is 1. The number of halogens is 3. The Bertz CT molecular complexity index is 1140. The number of hydrogen-bond acceptors (Lipinski definition) is 7. The van der Waals surface area contributed by atoms with E-state index in [0.29, 0.717) is 31.6 Å². The second-order valence-corrected chi connectivity index (χ2v) is 9.75. The van der Waals surface area contributed by atoms with Gasteiger partial charge in [0.25, 0.3) is 5.69 Å². The molecule has 9 nitrogen and oxygen atoms in total. The molecule has 1 aromatic heterocycles. The molecule has 206 valence electrons. The summed E-state index contributed by atoms with van der Waals surface area (Å²) < 4.78 is 46.0. The SMILES string of the molecule is CCNC(=S)N1CCN(c2cccc(O[C@H]3CC[C@H](Nc4ccc([N+](=O)[O-])c(C(F)(F)F)c4)CC3)n2)CC1. The van der Waals surface area contributed by atoms with Gasteiger partial charge >= 0.3 is 6.18 Å². The fourth-order valence-corrected chi connectivity index (χ4v) is 5.12. The number of rotatable bonds is 7. The highest BCUT2D eigenvalue weighted by molar-refractivity contribution is 7.80. The van der Waals surface area contributed by atoms with Crippen molar-refractivity contribution in [1.82, 2.24) is 15.2 Å². The summed E-state index contributed by atoms with van der Waals surface area (Å²) in [6.45, 7) is 6.06. The number of nitro benzene ring substituents is 1. The van der Waals surface area contributed by atoms with Gasteiger partial charge in [-0.3, -0.25) is 10.1 Å². The van der Waals surface area contributed by atoms with Crippen molar-refractivity contribution < 1.29 is 22.8 Å². The maximum atomic E-state index is 13.3. The fourth-order valence-electron chi connectivity index (χ4n) is 4.79. The van der Waals surface area contributed by atoms with Crippen molar-refractivity contribution in [2.75, 3.05) is 42.9 Å². The van der Waals surface area contributed by atoms with Crippen LogP contribution in [0.15, 0.2) is 36.4 Å². The van der Waals surface area contributed by atoms with E-state index >= 15 is 0 Å². The molecule has 1 saturated carbocycles. The van der Waals surface area contributed by atoms with Gasteiger partial charge in [-0.25, -0.2) is 0 Å². The average molecular weight is 553 g/mol. The fraction of sp³-hybridized carbons (Fsp3) is 0.520. The molecule has 0 atom stereocenters. The first-order chi connectivity index (χ1) is 18.1. The predicted octanol–water partition coefficient (Wildman–Crippen LogP) is 4.83. The van der Waals surface area contributed by atoms with Crippen molar-refractivity contribution in [3.8, 4) is 5.88 Å². The molecular weight excluding hydrogens is 521 g/mol. The number of nitrogens with zero attached hydrogens (tertiary/aromatic N) is 4. The Labute approximate surface area is 224 Å². The summed E-state index contributed by atoms with van der Waals surface area (Å²) in [5.41, 5.74) is -1.99. The lowest BCUT2D eigenvalue weighted by Crippen LogP contribution is -2.51. The molecule has 1 aliphatic heterocycles. The smallest absolute Gasteiger partial charge is 0.423 e. The Balaban J connectivity index is 1.29. The lowest BCUT2D eigenvalue weighted by Gasteiger charge is -2.37. The number of pyridine rings is 1. The number of anilines is 2. The first-order valence-electron chi connectivity index (χ1n) is 12.7. The third kappa shape index (κ3) is 6.94. The molecule has 1 aromatic carbocycles. The lowest BCUT2D eigenvalue weighted by molar-refractivity contribution is -0.388. The van der Waals surface area contributed by atoms with Crippen molar-refractivity contribution >= 4 is 34.5 Å². The predicted molar refractivity (Wildman–Crippen MR) is 143 cm³/mol. The third-order valence-corrected chi connectivity index (χ3v) is 7.16. The van der Waals surface area contributed by atoms with Crippen molar-refractivity contribution in [2.24, 2.45) is 0 Å². The van der Waals surface area contributed by atoms with E-state index in [1.54, 1.807) is 0 Å². The van der Waals surface area contributed by atoms with Crippen molar-refractivity contribution in [1.29, 1.82) is 0 Å². The zero-order valence-corrected chi connectivity index (χ0v) is 21.9. The summed E-state index contributed by atoms with van der Waals surface area (Å²) in [5.74, 6) is 1.40. The van der Waals surface area contributed by atoms with Crippen LogP contribution in [0, 0.1) is 10.1 Å². The monoisotopic (exact) mass is 552 g/mol. The maximum absolute atomic E-state index is 13.3. The molecule has 1 saturated heterocycles. The Kier molecular flexibility index (Phi) is 8.75. The van der Waals surface area contributed by atoms with Crippen LogP contribution in [0.1, 0.15) is 38.2 Å². The zero-order valence-electron chi connectivity index (χ0n) is 21.0. The quantitative estimate of drug-likeness (QED) is 0.285. The van der Waals surface area contributed by atoms with Gasteiger partial charge in [0.05, 0.1) is 4.92 Å². The Hall–Kier alpha value is -3.35. The summed E-state index contributed by atoms with van der Waals surface area (Å²) in [4.78, 5) is 19.0. The summed E-state index contributed by atoms with van der Waals surface area (Å²) >= 11 is 5.41. The number of alkyl halides is 3. The Morgan fingerprint density at radius 2 is 1.87 bits per heavy atom. The standard InChI is InChI=1S/C25H31F3N6O3S/c1-2-29-24(38)33-14-12-32(13-15-33)22-4-3-5-23(31-22)37-19-9-6-17(7-10-19)30-18-8-11-21(34(35)36)20(16-18)25(26,27)28/h3-5,8,11,16-17,19,30H,2,6-7,9-10,12-15H2,1H3,(H,29,38)/t17-,19-. The first kappa shape index (κ1) is 27.7. The number of ether oxygens (including phenoxy) is 1. The van der Waals surface area contributed by atoms with E-state index in [1.807, 2.05) is 25.1 Å². The van der Waals surface area contributed by atoms with E-state index in [4.69, 9.17) is 21.9 Å². The highest BCUT2D eigenvalue weighted by Gasteiger charge is 2.38. The highest BCUT2D eigenvalue weighted by atomic mass is 32.1. The third-order valence-electron chi connectivity index (χ3n) is 6.76. The molecule has 2 N–H and O–H groups in total. The molecule has 0 unspecified atom stereocenters. The van der Waals surface area contributed by atoms with Gasteiger partial charge in [-0.15, -0.1) is 0 Å².